The maximum absolute atomic E-state index is 3.73. The topological polar surface area (TPSA) is 15.3 Å². The molecule has 0 amide bonds. The van der Waals surface area contributed by atoms with Crippen LogP contribution in [0.1, 0.15) is 50.8 Å². The molecule has 1 unspecified atom stereocenters. The van der Waals surface area contributed by atoms with Crippen LogP contribution < -0.4 is 5.32 Å². The Hall–Kier alpha value is -0.380. The molecule has 2 nitrogen and oxygen atoms in total. The second-order valence-electron chi connectivity index (χ2n) is 6.66. The number of hydrogen-bond acceptors (Lipinski definition) is 3. The van der Waals surface area contributed by atoms with Crippen LogP contribution in [0, 0.1) is 0 Å². The van der Waals surface area contributed by atoms with Crippen LogP contribution in [0.2, 0.25) is 0 Å². The predicted octanol–water partition coefficient (Wildman–Crippen LogP) is 3.66. The van der Waals surface area contributed by atoms with Crippen molar-refractivity contribution in [3.05, 3.63) is 21.9 Å². The van der Waals surface area contributed by atoms with E-state index in [-0.39, 0.29) is 11.1 Å². The van der Waals surface area contributed by atoms with Gasteiger partial charge >= 0.3 is 0 Å². The van der Waals surface area contributed by atoms with E-state index in [2.05, 4.69) is 57.0 Å². The zero-order chi connectivity index (χ0) is 14.1. The molecular formula is C16H28N2S. The molecule has 1 saturated heterocycles. The molecule has 0 aromatic carbocycles. The van der Waals surface area contributed by atoms with Crippen molar-refractivity contribution in [1.29, 1.82) is 0 Å². The smallest absolute Gasteiger partial charge is 0.0334 e. The van der Waals surface area contributed by atoms with Crippen molar-refractivity contribution in [2.45, 2.75) is 65.1 Å². The van der Waals surface area contributed by atoms with E-state index in [1.54, 1.807) is 0 Å². The lowest BCUT2D eigenvalue weighted by atomic mass is 9.88. The Morgan fingerprint density at radius 2 is 1.89 bits per heavy atom. The molecule has 0 radical (unpaired) electrons. The number of nitrogens with zero attached hydrogens (tertiary/aromatic N) is 1. The molecule has 3 heteroatoms. The highest BCUT2D eigenvalue weighted by Gasteiger charge is 2.39. The van der Waals surface area contributed by atoms with Gasteiger partial charge < -0.3 is 5.32 Å². The van der Waals surface area contributed by atoms with Gasteiger partial charge in [0.05, 0.1) is 0 Å². The molecule has 0 aliphatic carbocycles. The van der Waals surface area contributed by atoms with Gasteiger partial charge in [0.15, 0.2) is 0 Å². The number of aryl methyl sites for hydroxylation is 1. The fourth-order valence-corrected chi connectivity index (χ4v) is 3.60. The number of hydrogen-bond donors (Lipinski definition) is 1. The van der Waals surface area contributed by atoms with Gasteiger partial charge in [-0.1, -0.05) is 13.8 Å². The summed E-state index contributed by atoms with van der Waals surface area (Å²) in [5.41, 5.74) is 0.505. The van der Waals surface area contributed by atoms with Crippen LogP contribution >= 0.6 is 11.3 Å². The highest BCUT2D eigenvalue weighted by Crippen LogP contribution is 2.29. The van der Waals surface area contributed by atoms with E-state index in [4.69, 9.17) is 0 Å². The number of piperazine rings is 1. The van der Waals surface area contributed by atoms with Gasteiger partial charge in [-0.3, -0.25) is 4.90 Å². The van der Waals surface area contributed by atoms with Crippen molar-refractivity contribution in [1.82, 2.24) is 10.2 Å². The Labute approximate surface area is 122 Å². The molecule has 0 spiro atoms. The first-order chi connectivity index (χ1) is 8.88. The second-order valence-corrected chi connectivity index (χ2v) is 7.91. The predicted molar refractivity (Wildman–Crippen MR) is 84.9 cm³/mol. The summed E-state index contributed by atoms with van der Waals surface area (Å²) < 4.78 is 0. The Kier molecular flexibility index (Phi) is 4.38. The summed E-state index contributed by atoms with van der Waals surface area (Å²) in [4.78, 5) is 5.66. The fourth-order valence-electron chi connectivity index (χ4n) is 2.62. The van der Waals surface area contributed by atoms with E-state index in [0.29, 0.717) is 0 Å². The van der Waals surface area contributed by atoms with Gasteiger partial charge in [-0.25, -0.2) is 0 Å². The zero-order valence-corrected chi connectivity index (χ0v) is 13.9. The molecule has 1 N–H and O–H groups in total. The van der Waals surface area contributed by atoms with Gasteiger partial charge in [-0.05, 0) is 45.7 Å². The van der Waals surface area contributed by atoms with E-state index < -0.39 is 0 Å². The van der Waals surface area contributed by atoms with Gasteiger partial charge in [0, 0.05) is 40.5 Å². The minimum Gasteiger partial charge on any atom is -0.308 e. The third-order valence-electron chi connectivity index (χ3n) is 4.54. The molecular weight excluding hydrogens is 252 g/mol. The van der Waals surface area contributed by atoms with Crippen molar-refractivity contribution >= 4 is 11.3 Å². The number of rotatable bonds is 4. The minimum atomic E-state index is 0.241. The maximum atomic E-state index is 3.73. The molecule has 2 rings (SSSR count). The fraction of sp³-hybridized carbons (Fsp3) is 0.750. The van der Waals surface area contributed by atoms with Crippen LogP contribution in [0.3, 0.4) is 0 Å². The Morgan fingerprint density at radius 1 is 1.21 bits per heavy atom. The second kappa shape index (κ2) is 5.55. The largest absolute Gasteiger partial charge is 0.308 e. The molecule has 108 valence electrons. The van der Waals surface area contributed by atoms with Crippen LogP contribution in [0.5, 0.6) is 0 Å². The lowest BCUT2D eigenvalue weighted by Crippen LogP contribution is -2.66. The van der Waals surface area contributed by atoms with Gasteiger partial charge in [-0.2, -0.15) is 0 Å². The Bertz CT molecular complexity index is 424. The summed E-state index contributed by atoms with van der Waals surface area (Å²) in [5.74, 6) is 0. The molecule has 19 heavy (non-hydrogen) atoms. The SMILES string of the molecule is CCc1ccc(CN2CC(C)(CC)NCC2(C)C)s1. The molecule has 1 aromatic heterocycles. The maximum Gasteiger partial charge on any atom is 0.0334 e. The van der Waals surface area contributed by atoms with Crippen LogP contribution in [-0.2, 0) is 13.0 Å². The first-order valence-electron chi connectivity index (χ1n) is 7.46. The van der Waals surface area contributed by atoms with Crippen LogP contribution in [0.15, 0.2) is 12.1 Å². The van der Waals surface area contributed by atoms with E-state index in [9.17, 15) is 0 Å². The molecule has 1 aliphatic rings. The molecule has 1 fully saturated rings. The highest BCUT2D eigenvalue weighted by atomic mass is 32.1. The van der Waals surface area contributed by atoms with Crippen LogP contribution in [-0.4, -0.2) is 29.1 Å². The van der Waals surface area contributed by atoms with Gasteiger partial charge in [0.1, 0.15) is 0 Å². The van der Waals surface area contributed by atoms with Crippen molar-refractivity contribution in [2.24, 2.45) is 0 Å². The summed E-state index contributed by atoms with van der Waals surface area (Å²) in [5, 5.41) is 3.73. The number of thiophene rings is 1. The van der Waals surface area contributed by atoms with Crippen molar-refractivity contribution < 1.29 is 0 Å². The van der Waals surface area contributed by atoms with Crippen molar-refractivity contribution in [3.8, 4) is 0 Å². The van der Waals surface area contributed by atoms with Gasteiger partial charge in [0.25, 0.3) is 0 Å². The third kappa shape index (κ3) is 3.39. The lowest BCUT2D eigenvalue weighted by molar-refractivity contribution is 0.0254. The molecule has 2 heterocycles. The minimum absolute atomic E-state index is 0.241. The van der Waals surface area contributed by atoms with Gasteiger partial charge in [0.2, 0.25) is 0 Å². The summed E-state index contributed by atoms with van der Waals surface area (Å²) in [6.07, 6.45) is 2.34. The average molecular weight is 280 g/mol. The molecule has 0 bridgehead atoms. The van der Waals surface area contributed by atoms with E-state index in [1.165, 1.54) is 16.2 Å². The molecule has 1 atom stereocenters. The molecule has 1 aliphatic heterocycles. The van der Waals surface area contributed by atoms with Gasteiger partial charge in [-0.15, -0.1) is 11.3 Å². The lowest BCUT2D eigenvalue weighted by Gasteiger charge is -2.50. The summed E-state index contributed by atoms with van der Waals surface area (Å²) in [6, 6.07) is 4.60. The Balaban J connectivity index is 2.11. The van der Waals surface area contributed by atoms with Crippen molar-refractivity contribution in [3.63, 3.8) is 0 Å². The van der Waals surface area contributed by atoms with E-state index >= 15 is 0 Å². The zero-order valence-electron chi connectivity index (χ0n) is 13.0. The first-order valence-corrected chi connectivity index (χ1v) is 8.28. The van der Waals surface area contributed by atoms with Crippen molar-refractivity contribution in [2.75, 3.05) is 13.1 Å². The first kappa shape index (κ1) is 15.0. The van der Waals surface area contributed by atoms with Crippen LogP contribution in [0.4, 0.5) is 0 Å². The standard InChI is InChI=1S/C16H28N2S/c1-6-13-8-9-14(19-13)10-18-12-16(5,7-2)17-11-15(18,3)4/h8-9,17H,6-7,10-12H2,1-5H3. The quantitative estimate of drug-likeness (QED) is 0.905. The van der Waals surface area contributed by atoms with Crippen LogP contribution in [0.25, 0.3) is 0 Å². The molecule has 0 saturated carbocycles. The highest BCUT2D eigenvalue weighted by molar-refractivity contribution is 7.11. The monoisotopic (exact) mass is 280 g/mol. The summed E-state index contributed by atoms with van der Waals surface area (Å²) in [6.45, 7) is 14.9. The molecule has 1 aromatic rings. The average Bonchev–Trinajstić information content (AvgIpc) is 2.82. The Morgan fingerprint density at radius 3 is 2.47 bits per heavy atom. The normalized spacial score (nSPS) is 27.6. The van der Waals surface area contributed by atoms with E-state index in [0.717, 1.165) is 26.1 Å². The summed E-state index contributed by atoms with van der Waals surface area (Å²) >= 11 is 1.97. The van der Waals surface area contributed by atoms with E-state index in [1.807, 2.05) is 11.3 Å². The third-order valence-corrected chi connectivity index (χ3v) is 5.75. The summed E-state index contributed by atoms with van der Waals surface area (Å²) in [7, 11) is 0. The number of nitrogens with one attached hydrogen (secondary N) is 1.